The highest BCUT2D eigenvalue weighted by Gasteiger charge is 2.36. The third-order valence-electron chi connectivity index (χ3n) is 5.20. The number of fused-ring (bicyclic) bond motifs is 2. The molecule has 0 heterocycles. The molecule has 0 N–H and O–H groups in total. The fourth-order valence-electron chi connectivity index (χ4n) is 3.71. The number of carbonyl (C=O) groups is 3. The zero-order valence-electron chi connectivity index (χ0n) is 16.0. The molecule has 0 saturated carbocycles. The van der Waals surface area contributed by atoms with Crippen molar-refractivity contribution < 1.29 is 32.6 Å². The molecule has 2 atom stereocenters. The molecular formula is C22H20F2O5. The summed E-state index contributed by atoms with van der Waals surface area (Å²) in [6.07, 6.45) is 1.57. The van der Waals surface area contributed by atoms with Crippen molar-refractivity contribution in [2.24, 2.45) is 11.8 Å². The van der Waals surface area contributed by atoms with Gasteiger partial charge in [0.05, 0.1) is 20.1 Å². The van der Waals surface area contributed by atoms with E-state index in [1.807, 2.05) is 0 Å². The first-order valence-corrected chi connectivity index (χ1v) is 9.09. The number of hydrogen-bond donors (Lipinski definition) is 0. The Hall–Kier alpha value is -3.09. The number of carbonyl (C=O) groups excluding carboxylic acids is 3. The van der Waals surface area contributed by atoms with Gasteiger partial charge in [-0.1, -0.05) is 12.1 Å². The van der Waals surface area contributed by atoms with Gasteiger partial charge in [0, 0.05) is 5.56 Å². The van der Waals surface area contributed by atoms with Crippen molar-refractivity contribution >= 4 is 17.7 Å². The smallest absolute Gasteiger partial charge is 0.316 e. The second-order valence-electron chi connectivity index (χ2n) is 6.99. The maximum absolute atomic E-state index is 12.9. The molecule has 0 saturated heterocycles. The highest BCUT2D eigenvalue weighted by atomic mass is 19.1. The first-order chi connectivity index (χ1) is 13.8. The Morgan fingerprint density at radius 1 is 0.828 bits per heavy atom. The molecule has 0 bridgehead atoms. The van der Waals surface area contributed by atoms with Gasteiger partial charge < -0.3 is 9.47 Å². The summed E-state index contributed by atoms with van der Waals surface area (Å²) in [6.45, 7) is 0. The van der Waals surface area contributed by atoms with Crippen molar-refractivity contribution in [1.82, 2.24) is 0 Å². The van der Waals surface area contributed by atoms with E-state index >= 15 is 0 Å². The molecule has 7 heteroatoms. The lowest BCUT2D eigenvalue weighted by Crippen LogP contribution is -2.21. The Bertz CT molecular complexity index is 970. The summed E-state index contributed by atoms with van der Waals surface area (Å²) in [6, 6.07) is 8.66. The van der Waals surface area contributed by atoms with E-state index in [2.05, 4.69) is 9.47 Å². The first-order valence-electron chi connectivity index (χ1n) is 9.09. The van der Waals surface area contributed by atoms with Crippen LogP contribution in [0.4, 0.5) is 8.78 Å². The lowest BCUT2D eigenvalue weighted by Gasteiger charge is -2.04. The average Bonchev–Trinajstić information content (AvgIpc) is 3.28. The number of methoxy groups -OCH3 is 2. The van der Waals surface area contributed by atoms with Crippen molar-refractivity contribution in [3.05, 3.63) is 70.3 Å². The molecule has 0 aliphatic heterocycles. The molecule has 0 spiro atoms. The summed E-state index contributed by atoms with van der Waals surface area (Å²) in [5.74, 6) is -2.75. The monoisotopic (exact) mass is 402 g/mol. The fourth-order valence-corrected chi connectivity index (χ4v) is 3.71. The molecule has 0 amide bonds. The van der Waals surface area contributed by atoms with Crippen molar-refractivity contribution in [3.8, 4) is 0 Å². The SMILES string of the molecule is COC(=O)C1Cc2ccc(F)cc2C1.COC(=O)C1Cc2ccc(F)cc2C1=O. The van der Waals surface area contributed by atoms with Crippen LogP contribution < -0.4 is 0 Å². The Kier molecular flexibility index (Phi) is 6.06. The minimum atomic E-state index is -0.799. The normalized spacial score (nSPS) is 19.0. The van der Waals surface area contributed by atoms with E-state index in [4.69, 9.17) is 0 Å². The van der Waals surface area contributed by atoms with Crippen molar-refractivity contribution in [3.63, 3.8) is 0 Å². The number of halogens is 2. The van der Waals surface area contributed by atoms with E-state index in [0.29, 0.717) is 30.4 Å². The van der Waals surface area contributed by atoms with Crippen LogP contribution in [0.2, 0.25) is 0 Å². The van der Waals surface area contributed by atoms with Crippen LogP contribution in [0, 0.1) is 23.5 Å². The average molecular weight is 402 g/mol. The zero-order chi connectivity index (χ0) is 21.1. The first kappa shape index (κ1) is 20.6. The molecule has 5 nitrogen and oxygen atoms in total. The van der Waals surface area contributed by atoms with Crippen molar-refractivity contribution in [1.29, 1.82) is 0 Å². The van der Waals surface area contributed by atoms with Crippen LogP contribution in [0.5, 0.6) is 0 Å². The Morgan fingerprint density at radius 2 is 1.41 bits per heavy atom. The lowest BCUT2D eigenvalue weighted by atomic mass is 10.1. The van der Waals surface area contributed by atoms with E-state index in [-0.39, 0.29) is 23.5 Å². The summed E-state index contributed by atoms with van der Waals surface area (Å²) in [7, 11) is 2.62. The fraction of sp³-hybridized carbons (Fsp3) is 0.318. The van der Waals surface area contributed by atoms with E-state index in [1.54, 1.807) is 6.07 Å². The standard InChI is InChI=1S/C11H9FO3.C11H11FO2/c1-15-11(14)9-4-6-2-3-7(12)5-8(6)10(9)13;1-14-11(13)9-4-7-2-3-10(12)6-8(7)5-9/h2-3,5,9H,4H2,1H3;2-3,6,9H,4-5H2,1H3. The summed E-state index contributed by atoms with van der Waals surface area (Å²) in [4.78, 5) is 34.2. The van der Waals surface area contributed by atoms with Crippen LogP contribution in [0.15, 0.2) is 36.4 Å². The van der Waals surface area contributed by atoms with Gasteiger partial charge in [-0.05, 0) is 60.2 Å². The predicted octanol–water partition coefficient (Wildman–Crippen LogP) is 3.07. The number of Topliss-reactive ketones (excluding diaryl/α,β-unsaturated/α-hetero) is 1. The molecule has 0 aromatic heterocycles. The number of ketones is 1. The number of esters is 2. The van der Waals surface area contributed by atoms with Crippen LogP contribution in [0.3, 0.4) is 0 Å². The summed E-state index contributed by atoms with van der Waals surface area (Å²) in [5, 5.41) is 0. The molecule has 29 heavy (non-hydrogen) atoms. The topological polar surface area (TPSA) is 69.7 Å². The van der Waals surface area contributed by atoms with Gasteiger partial charge in [0.2, 0.25) is 0 Å². The van der Waals surface area contributed by atoms with Crippen LogP contribution in [-0.4, -0.2) is 31.9 Å². The third kappa shape index (κ3) is 4.34. The number of benzene rings is 2. The molecule has 2 aliphatic rings. The lowest BCUT2D eigenvalue weighted by molar-refractivity contribution is -0.145. The molecule has 2 unspecified atom stereocenters. The molecule has 4 rings (SSSR count). The molecule has 2 aromatic rings. The van der Waals surface area contributed by atoms with E-state index < -0.39 is 17.7 Å². The maximum Gasteiger partial charge on any atom is 0.316 e. The summed E-state index contributed by atoms with van der Waals surface area (Å²) in [5.41, 5.74) is 2.99. The van der Waals surface area contributed by atoms with E-state index in [9.17, 15) is 23.2 Å². The number of hydrogen-bond acceptors (Lipinski definition) is 5. The minimum absolute atomic E-state index is 0.128. The van der Waals surface area contributed by atoms with Crippen LogP contribution in [0.1, 0.15) is 27.0 Å². The van der Waals surface area contributed by atoms with Crippen LogP contribution >= 0.6 is 0 Å². The summed E-state index contributed by atoms with van der Waals surface area (Å²) < 4.78 is 34.9. The maximum atomic E-state index is 12.9. The largest absolute Gasteiger partial charge is 0.469 e. The second kappa shape index (κ2) is 8.51. The molecule has 2 aromatic carbocycles. The zero-order valence-corrected chi connectivity index (χ0v) is 16.0. The van der Waals surface area contributed by atoms with Crippen LogP contribution in [0.25, 0.3) is 0 Å². The Morgan fingerprint density at radius 3 is 2.07 bits per heavy atom. The predicted molar refractivity (Wildman–Crippen MR) is 99.3 cm³/mol. The van der Waals surface area contributed by atoms with E-state index in [1.165, 1.54) is 44.6 Å². The molecular weight excluding hydrogens is 382 g/mol. The number of rotatable bonds is 2. The molecule has 2 aliphatic carbocycles. The van der Waals surface area contributed by atoms with Gasteiger partial charge in [-0.25, -0.2) is 8.78 Å². The van der Waals surface area contributed by atoms with Crippen molar-refractivity contribution in [2.75, 3.05) is 14.2 Å². The second-order valence-corrected chi connectivity index (χ2v) is 6.99. The third-order valence-corrected chi connectivity index (χ3v) is 5.20. The van der Waals surface area contributed by atoms with Crippen molar-refractivity contribution in [2.45, 2.75) is 19.3 Å². The Balaban J connectivity index is 0.000000166. The van der Waals surface area contributed by atoms with Crippen LogP contribution in [-0.2, 0) is 38.3 Å². The quantitative estimate of drug-likeness (QED) is 0.570. The number of ether oxygens (including phenoxy) is 2. The van der Waals surface area contributed by atoms with Gasteiger partial charge in [0.15, 0.2) is 5.78 Å². The van der Waals surface area contributed by atoms with Gasteiger partial charge in [-0.2, -0.15) is 0 Å². The summed E-state index contributed by atoms with van der Waals surface area (Å²) >= 11 is 0. The Labute approximate surface area is 166 Å². The molecule has 0 fully saturated rings. The van der Waals surface area contributed by atoms with Gasteiger partial charge in [-0.3, -0.25) is 14.4 Å². The van der Waals surface area contributed by atoms with Gasteiger partial charge in [0.25, 0.3) is 0 Å². The minimum Gasteiger partial charge on any atom is -0.469 e. The van der Waals surface area contributed by atoms with Gasteiger partial charge in [-0.15, -0.1) is 0 Å². The van der Waals surface area contributed by atoms with Gasteiger partial charge >= 0.3 is 11.9 Å². The molecule has 0 radical (unpaired) electrons. The van der Waals surface area contributed by atoms with E-state index in [0.717, 1.165) is 11.1 Å². The van der Waals surface area contributed by atoms with Gasteiger partial charge in [0.1, 0.15) is 17.6 Å². The highest BCUT2D eigenvalue weighted by Crippen LogP contribution is 2.29. The highest BCUT2D eigenvalue weighted by molar-refractivity contribution is 6.12. The molecule has 152 valence electrons.